The first-order chi connectivity index (χ1) is 10.3. The maximum Gasteiger partial charge on any atom is 0.238 e. The number of nitrogens with one attached hydrogen (secondary N) is 1. The Kier molecular flexibility index (Phi) is 4.95. The van der Waals surface area contributed by atoms with Gasteiger partial charge in [-0.25, -0.2) is 8.42 Å². The van der Waals surface area contributed by atoms with E-state index in [9.17, 15) is 13.2 Å². The Labute approximate surface area is 130 Å². The second-order valence-electron chi connectivity index (χ2n) is 5.46. The van der Waals surface area contributed by atoms with Gasteiger partial charge in [0.2, 0.25) is 5.91 Å². The lowest BCUT2D eigenvalue weighted by atomic mass is 10.1. The van der Waals surface area contributed by atoms with Gasteiger partial charge in [0.25, 0.3) is 0 Å². The lowest BCUT2D eigenvalue weighted by Crippen LogP contribution is -2.38. The van der Waals surface area contributed by atoms with Crippen LogP contribution in [0.25, 0.3) is 0 Å². The van der Waals surface area contributed by atoms with Crippen LogP contribution in [-0.4, -0.2) is 39.0 Å². The fourth-order valence-electron chi connectivity index (χ4n) is 2.06. The third-order valence-electron chi connectivity index (χ3n) is 3.64. The zero-order chi connectivity index (χ0) is 16.3. The van der Waals surface area contributed by atoms with Crippen molar-refractivity contribution in [3.05, 3.63) is 23.8 Å². The van der Waals surface area contributed by atoms with E-state index in [2.05, 4.69) is 5.32 Å². The minimum Gasteiger partial charge on any atom is -0.490 e. The van der Waals surface area contributed by atoms with Crippen molar-refractivity contribution >= 4 is 15.7 Å². The van der Waals surface area contributed by atoms with E-state index in [1.807, 2.05) is 12.1 Å². The Balaban J connectivity index is 2.11. The molecule has 122 valence electrons. The number of amides is 1. The molecule has 1 amide bonds. The van der Waals surface area contributed by atoms with Gasteiger partial charge < -0.3 is 14.8 Å². The smallest absolute Gasteiger partial charge is 0.238 e. The quantitative estimate of drug-likeness (QED) is 0.905. The van der Waals surface area contributed by atoms with Gasteiger partial charge in [0.05, 0.1) is 19.3 Å². The van der Waals surface area contributed by atoms with Gasteiger partial charge in [0.15, 0.2) is 21.3 Å². The lowest BCUT2D eigenvalue weighted by Gasteiger charge is -2.18. The maximum atomic E-state index is 12.0. The van der Waals surface area contributed by atoms with E-state index in [-0.39, 0.29) is 6.04 Å². The molecule has 0 saturated carbocycles. The van der Waals surface area contributed by atoms with Gasteiger partial charge in [-0.3, -0.25) is 4.79 Å². The van der Waals surface area contributed by atoms with Crippen molar-refractivity contribution in [2.45, 2.75) is 31.6 Å². The highest BCUT2D eigenvalue weighted by Crippen LogP contribution is 2.32. The van der Waals surface area contributed by atoms with Crippen molar-refractivity contribution in [1.82, 2.24) is 5.32 Å². The number of hydrogen-bond acceptors (Lipinski definition) is 5. The molecule has 0 aromatic heterocycles. The van der Waals surface area contributed by atoms with E-state index in [0.717, 1.165) is 18.2 Å². The Hall–Kier alpha value is -1.76. The first kappa shape index (κ1) is 16.6. The molecule has 0 radical (unpaired) electrons. The number of carbonyl (C=O) groups is 1. The van der Waals surface area contributed by atoms with E-state index in [1.165, 1.54) is 6.92 Å². The highest BCUT2D eigenvalue weighted by molar-refractivity contribution is 7.92. The van der Waals surface area contributed by atoms with Crippen LogP contribution in [-0.2, 0) is 14.6 Å². The molecule has 1 aromatic carbocycles. The molecule has 0 spiro atoms. The predicted octanol–water partition coefficient (Wildman–Crippen LogP) is 1.46. The summed E-state index contributed by atoms with van der Waals surface area (Å²) >= 11 is 0. The van der Waals surface area contributed by atoms with Crippen LogP contribution in [0.3, 0.4) is 0 Å². The standard InChI is InChI=1S/C15H21NO5S/c1-10(16-15(17)11(2)22(3,18)19)12-5-6-13-14(9-12)21-8-4-7-20-13/h5-6,9-11H,4,7-8H2,1-3H3,(H,16,17)/t10-,11-/m1/s1. The summed E-state index contributed by atoms with van der Waals surface area (Å²) in [5.74, 6) is 0.818. The van der Waals surface area contributed by atoms with Crippen LogP contribution in [0.15, 0.2) is 18.2 Å². The fraction of sp³-hybridized carbons (Fsp3) is 0.533. The monoisotopic (exact) mass is 327 g/mol. The molecule has 0 unspecified atom stereocenters. The zero-order valence-electron chi connectivity index (χ0n) is 13.0. The lowest BCUT2D eigenvalue weighted by molar-refractivity contribution is -0.121. The highest BCUT2D eigenvalue weighted by atomic mass is 32.2. The molecular formula is C15H21NO5S. The topological polar surface area (TPSA) is 81.7 Å². The summed E-state index contributed by atoms with van der Waals surface area (Å²) in [4.78, 5) is 12.0. The molecule has 22 heavy (non-hydrogen) atoms. The van der Waals surface area contributed by atoms with Gasteiger partial charge in [-0.2, -0.15) is 0 Å². The summed E-state index contributed by atoms with van der Waals surface area (Å²) in [5, 5.41) is 1.64. The molecule has 2 rings (SSSR count). The number of carbonyl (C=O) groups excluding carboxylic acids is 1. The van der Waals surface area contributed by atoms with Gasteiger partial charge in [-0.1, -0.05) is 6.07 Å². The largest absolute Gasteiger partial charge is 0.490 e. The van der Waals surface area contributed by atoms with Gasteiger partial charge in [-0.15, -0.1) is 0 Å². The van der Waals surface area contributed by atoms with Crippen LogP contribution in [0.2, 0.25) is 0 Å². The summed E-state index contributed by atoms with van der Waals surface area (Å²) < 4.78 is 34.0. The van der Waals surface area contributed by atoms with Gasteiger partial charge in [0, 0.05) is 12.7 Å². The molecule has 7 heteroatoms. The van der Waals surface area contributed by atoms with Gasteiger partial charge in [0.1, 0.15) is 5.25 Å². The second-order valence-corrected chi connectivity index (χ2v) is 7.82. The van der Waals surface area contributed by atoms with Gasteiger partial charge in [-0.05, 0) is 31.5 Å². The zero-order valence-corrected chi connectivity index (χ0v) is 13.8. The Bertz CT molecular complexity index is 656. The van der Waals surface area contributed by atoms with E-state index in [1.54, 1.807) is 13.0 Å². The first-order valence-corrected chi connectivity index (χ1v) is 9.13. The molecule has 0 saturated heterocycles. The summed E-state index contributed by atoms with van der Waals surface area (Å²) in [7, 11) is -3.41. The second kappa shape index (κ2) is 6.56. The minimum atomic E-state index is -3.41. The number of benzene rings is 1. The molecule has 0 fully saturated rings. The molecule has 2 atom stereocenters. The van der Waals surface area contributed by atoms with Crippen LogP contribution >= 0.6 is 0 Å². The number of rotatable bonds is 4. The van der Waals surface area contributed by atoms with E-state index < -0.39 is 21.0 Å². The highest BCUT2D eigenvalue weighted by Gasteiger charge is 2.25. The summed E-state index contributed by atoms with van der Waals surface area (Å²) in [5.41, 5.74) is 0.832. The Morgan fingerprint density at radius 1 is 1.18 bits per heavy atom. The van der Waals surface area contributed by atoms with Crippen LogP contribution in [0, 0.1) is 0 Å². The molecule has 1 aliphatic rings. The van der Waals surface area contributed by atoms with Gasteiger partial charge >= 0.3 is 0 Å². The number of sulfone groups is 1. The molecular weight excluding hydrogens is 306 g/mol. The van der Waals surface area contributed by atoms with Crippen LogP contribution in [0.1, 0.15) is 31.9 Å². The molecule has 0 aliphatic carbocycles. The molecule has 1 aromatic rings. The van der Waals surface area contributed by atoms with Crippen molar-refractivity contribution < 1.29 is 22.7 Å². The third-order valence-corrected chi connectivity index (χ3v) is 5.14. The summed E-state index contributed by atoms with van der Waals surface area (Å²) in [6.45, 7) is 4.38. The van der Waals surface area contributed by atoms with Crippen molar-refractivity contribution in [2.24, 2.45) is 0 Å². The summed E-state index contributed by atoms with van der Waals surface area (Å²) in [6.07, 6.45) is 1.87. The Morgan fingerprint density at radius 2 is 1.82 bits per heavy atom. The molecule has 1 N–H and O–H groups in total. The molecule has 1 aliphatic heterocycles. The molecule has 0 bridgehead atoms. The SMILES string of the molecule is C[C@H](C(=O)N[C@H](C)c1ccc2c(c1)OCCCO2)S(C)(=O)=O. The minimum absolute atomic E-state index is 0.325. The number of hydrogen-bond donors (Lipinski definition) is 1. The fourth-order valence-corrected chi connectivity index (χ4v) is 2.51. The average Bonchev–Trinajstić information content (AvgIpc) is 2.69. The van der Waals surface area contributed by atoms with Crippen molar-refractivity contribution in [1.29, 1.82) is 0 Å². The predicted molar refractivity (Wildman–Crippen MR) is 82.9 cm³/mol. The third kappa shape index (κ3) is 3.91. The molecule has 1 heterocycles. The average molecular weight is 327 g/mol. The molecule has 6 nitrogen and oxygen atoms in total. The van der Waals surface area contributed by atoms with E-state index in [0.29, 0.717) is 24.7 Å². The first-order valence-electron chi connectivity index (χ1n) is 7.18. The number of fused-ring (bicyclic) bond motifs is 1. The van der Waals surface area contributed by atoms with Crippen molar-refractivity contribution in [3.8, 4) is 11.5 Å². The van der Waals surface area contributed by atoms with Crippen LogP contribution in [0.5, 0.6) is 11.5 Å². The van der Waals surface area contributed by atoms with E-state index >= 15 is 0 Å². The van der Waals surface area contributed by atoms with Crippen LogP contribution < -0.4 is 14.8 Å². The van der Waals surface area contributed by atoms with Crippen LogP contribution in [0.4, 0.5) is 0 Å². The van der Waals surface area contributed by atoms with E-state index in [4.69, 9.17) is 9.47 Å². The normalized spacial score (nSPS) is 17.2. The Morgan fingerprint density at radius 3 is 2.45 bits per heavy atom. The van der Waals surface area contributed by atoms with Crippen molar-refractivity contribution in [3.63, 3.8) is 0 Å². The number of ether oxygens (including phenoxy) is 2. The maximum absolute atomic E-state index is 12.0. The van der Waals surface area contributed by atoms with Crippen molar-refractivity contribution in [2.75, 3.05) is 19.5 Å². The summed E-state index contributed by atoms with van der Waals surface area (Å²) in [6, 6.07) is 5.13.